The van der Waals surface area contributed by atoms with Gasteiger partial charge < -0.3 is 192 Å². The van der Waals surface area contributed by atoms with E-state index in [4.69, 9.17) is 0 Å². The predicted octanol–water partition coefficient (Wildman–Crippen LogP) is -28.9. The van der Waals surface area contributed by atoms with E-state index in [-0.39, 0.29) is 250 Å². The fraction of sp³-hybridized carbons (Fsp3) is 0. The fourth-order valence-electron chi connectivity index (χ4n) is 0. The SMILES string of the molecule is O.O.O.O.O.O.O.O.O.O.O.O.O.O.O.O.O.O.O.O.O.O.O.O.O.O.O.O.O.O.O.O.O.O.O.[Zn].[Zn].[Zn]. The molecule has 0 aromatic rings. The summed E-state index contributed by atoms with van der Waals surface area (Å²) >= 11 is 0. The van der Waals surface area contributed by atoms with Crippen LogP contribution in [0.1, 0.15) is 0 Å². The average molecular weight is 827 g/mol. The van der Waals surface area contributed by atoms with Gasteiger partial charge in [-0.2, -0.15) is 0 Å². The molecule has 0 saturated heterocycles. The third kappa shape index (κ3) is 208000. The van der Waals surface area contributed by atoms with Gasteiger partial charge in [0, 0.05) is 58.4 Å². The van der Waals surface area contributed by atoms with Crippen molar-refractivity contribution in [1.29, 1.82) is 0 Å². The minimum absolute atomic E-state index is 0. The minimum Gasteiger partial charge on any atom is -0.412 e. The minimum atomic E-state index is 0. The van der Waals surface area contributed by atoms with Crippen LogP contribution in [0.2, 0.25) is 0 Å². The van der Waals surface area contributed by atoms with E-state index in [9.17, 15) is 0 Å². The topological polar surface area (TPSA) is 1100 Å². The summed E-state index contributed by atoms with van der Waals surface area (Å²) in [5.74, 6) is 0. The molecule has 38 heavy (non-hydrogen) atoms. The van der Waals surface area contributed by atoms with Crippen LogP contribution < -0.4 is 0 Å². The van der Waals surface area contributed by atoms with E-state index in [0.29, 0.717) is 0 Å². The Hall–Kier alpha value is 0.470. The Labute approximate surface area is 250 Å². The third-order valence-corrected chi connectivity index (χ3v) is 0. The number of hydrogen-bond donors (Lipinski definition) is 0. The maximum Gasteiger partial charge on any atom is 0 e. The van der Waals surface area contributed by atoms with Gasteiger partial charge in [0.1, 0.15) is 0 Å². The molecule has 35 nitrogen and oxygen atoms in total. The molecule has 0 fully saturated rings. The van der Waals surface area contributed by atoms with Crippen LogP contribution in [0.4, 0.5) is 0 Å². The fourth-order valence-corrected chi connectivity index (χ4v) is 0. The number of hydrogen-bond acceptors (Lipinski definition) is 0. The standard InChI is InChI=1S/35H2O.3Zn/h35*1H2;;;. The van der Waals surface area contributed by atoms with Crippen LogP contribution in [-0.4, -0.2) is 192 Å². The van der Waals surface area contributed by atoms with Crippen molar-refractivity contribution in [2.75, 3.05) is 0 Å². The Morgan fingerprint density at radius 3 is 0.0526 bits per heavy atom. The van der Waals surface area contributed by atoms with Gasteiger partial charge in [0.25, 0.3) is 0 Å². The molecule has 0 unspecified atom stereocenters. The van der Waals surface area contributed by atoms with Crippen LogP contribution >= 0.6 is 0 Å². The van der Waals surface area contributed by atoms with Gasteiger partial charge in [-0.1, -0.05) is 0 Å². The summed E-state index contributed by atoms with van der Waals surface area (Å²) in [4.78, 5) is 0. The van der Waals surface area contributed by atoms with Gasteiger partial charge in [-0.25, -0.2) is 0 Å². The molecule has 0 bridgehead atoms. The molecule has 0 heterocycles. The van der Waals surface area contributed by atoms with Gasteiger partial charge in [-0.05, 0) is 0 Å². The third-order valence-electron chi connectivity index (χ3n) is 0. The molecule has 0 aromatic carbocycles. The summed E-state index contributed by atoms with van der Waals surface area (Å²) in [6.45, 7) is 0. The van der Waals surface area contributed by atoms with Gasteiger partial charge in [0.2, 0.25) is 0 Å². The first kappa shape index (κ1) is 244000. The molecule has 0 amide bonds. The second kappa shape index (κ2) is 225000. The zero-order valence-electron chi connectivity index (χ0n) is 19.6. The Morgan fingerprint density at radius 1 is 0.0526 bits per heavy atom. The molecule has 70 N–H and O–H groups in total. The Morgan fingerprint density at radius 2 is 0.0526 bits per heavy atom. The molecule has 0 aliphatic rings. The number of rotatable bonds is 0. The monoisotopic (exact) mass is 822 g/mol. The average Bonchev–Trinajstić information content (AvgIpc) is 0. The summed E-state index contributed by atoms with van der Waals surface area (Å²) in [5.41, 5.74) is 0. The first-order valence-electron chi connectivity index (χ1n) is 0. The van der Waals surface area contributed by atoms with Crippen LogP contribution in [0.25, 0.3) is 0 Å². The molecule has 0 saturated carbocycles. The Balaban J connectivity index is 0. The van der Waals surface area contributed by atoms with Crippen molar-refractivity contribution in [1.82, 2.24) is 0 Å². The van der Waals surface area contributed by atoms with E-state index in [0.717, 1.165) is 0 Å². The molecule has 0 aliphatic heterocycles. The van der Waals surface area contributed by atoms with E-state index < -0.39 is 0 Å². The van der Waals surface area contributed by atoms with Crippen LogP contribution in [0.3, 0.4) is 0 Å². The van der Waals surface area contributed by atoms with Gasteiger partial charge in [0.05, 0.1) is 0 Å². The first-order chi connectivity index (χ1) is 0. The van der Waals surface area contributed by atoms with E-state index in [2.05, 4.69) is 0 Å². The van der Waals surface area contributed by atoms with Crippen molar-refractivity contribution in [3.63, 3.8) is 0 Å². The summed E-state index contributed by atoms with van der Waals surface area (Å²) in [5, 5.41) is 0. The molecular formula is H70O35Zn3. The maximum atomic E-state index is 0. The summed E-state index contributed by atoms with van der Waals surface area (Å²) < 4.78 is 0. The smallest absolute Gasteiger partial charge is 0 e. The maximum absolute atomic E-state index is 0. The zero-order chi connectivity index (χ0) is 0. The van der Waals surface area contributed by atoms with Crippen LogP contribution in [0, 0.1) is 0 Å². The van der Waals surface area contributed by atoms with Gasteiger partial charge >= 0.3 is 0 Å². The molecule has 0 radical (unpaired) electrons. The van der Waals surface area contributed by atoms with Gasteiger partial charge in [-0.15, -0.1) is 0 Å². The molecule has 0 aromatic heterocycles. The predicted molar refractivity (Wildman–Crippen MR) is 126 cm³/mol. The second-order valence-corrected chi connectivity index (χ2v) is 0. The van der Waals surface area contributed by atoms with Crippen molar-refractivity contribution in [2.24, 2.45) is 0 Å². The van der Waals surface area contributed by atoms with E-state index >= 15 is 0 Å². The molecule has 0 aliphatic carbocycles. The van der Waals surface area contributed by atoms with Crippen LogP contribution in [-0.2, 0) is 58.4 Å². The molecule has 0 rings (SSSR count). The summed E-state index contributed by atoms with van der Waals surface area (Å²) in [7, 11) is 0. The molecular weight excluding hydrogens is 756 g/mol. The van der Waals surface area contributed by atoms with Gasteiger partial charge in [-0.3, -0.25) is 0 Å². The van der Waals surface area contributed by atoms with E-state index in [1.54, 1.807) is 0 Å². The Kier molecular flexibility index (Phi) is 1450000000. The second-order valence-electron chi connectivity index (χ2n) is 0. The van der Waals surface area contributed by atoms with Crippen molar-refractivity contribution in [3.05, 3.63) is 0 Å². The largest absolute Gasteiger partial charge is 0.412 e. The van der Waals surface area contributed by atoms with E-state index in [1.165, 1.54) is 0 Å². The Bertz CT molecular complexity index is 15.1. The normalized spacial score (nSPS) is 0. The van der Waals surface area contributed by atoms with Crippen LogP contribution in [0.15, 0.2) is 0 Å². The van der Waals surface area contributed by atoms with E-state index in [1.807, 2.05) is 0 Å². The molecule has 0 spiro atoms. The summed E-state index contributed by atoms with van der Waals surface area (Å²) in [6, 6.07) is 0. The van der Waals surface area contributed by atoms with Gasteiger partial charge in [0.15, 0.2) is 0 Å². The molecule has 286 valence electrons. The van der Waals surface area contributed by atoms with Crippen molar-refractivity contribution < 1.29 is 250 Å². The first-order valence-corrected chi connectivity index (χ1v) is 0. The van der Waals surface area contributed by atoms with Crippen molar-refractivity contribution in [3.8, 4) is 0 Å². The quantitative estimate of drug-likeness (QED) is 0.206. The molecule has 0 atom stereocenters. The zero-order valence-corrected chi connectivity index (χ0v) is 28.5. The van der Waals surface area contributed by atoms with Crippen LogP contribution in [0.5, 0.6) is 0 Å². The summed E-state index contributed by atoms with van der Waals surface area (Å²) in [6.07, 6.45) is 0. The van der Waals surface area contributed by atoms with Crippen molar-refractivity contribution >= 4 is 0 Å². The molecule has 38 heteroatoms. The van der Waals surface area contributed by atoms with Crippen molar-refractivity contribution in [2.45, 2.75) is 0 Å².